The van der Waals surface area contributed by atoms with Gasteiger partial charge in [0.05, 0.1) is 6.61 Å². The van der Waals surface area contributed by atoms with Gasteiger partial charge in [-0.15, -0.1) is 0 Å². The number of nitrogens with one attached hydrogen (secondary N) is 2. The lowest BCUT2D eigenvalue weighted by Crippen LogP contribution is -2.56. The van der Waals surface area contributed by atoms with Crippen LogP contribution < -0.4 is 10.6 Å². The number of β-amino-alcohol motifs (C(OH)–C–C–N with tert-alkyl or cyclic N) is 1. The van der Waals surface area contributed by atoms with Crippen molar-refractivity contribution in [2.45, 2.75) is 37.6 Å². The quantitative estimate of drug-likeness (QED) is 0.746. The number of aliphatic hydroxyl groups excluding tert-OH is 1. The lowest BCUT2D eigenvalue weighted by atomic mass is 9.80. The molecular weight excluding hydrogens is 314 g/mol. The Morgan fingerprint density at radius 2 is 1.91 bits per heavy atom. The summed E-state index contributed by atoms with van der Waals surface area (Å²) in [6, 6.07) is 6.82. The first kappa shape index (κ1) is 18.0. The van der Waals surface area contributed by atoms with Crippen LogP contribution in [-0.2, 0) is 0 Å². The number of amides is 2. The molecule has 5 nitrogen and oxygen atoms in total. The number of urea groups is 1. The van der Waals surface area contributed by atoms with Crippen molar-refractivity contribution in [3.8, 4) is 0 Å². The number of benzene rings is 1. The molecule has 2 rings (SSSR count). The van der Waals surface area contributed by atoms with Gasteiger partial charge in [-0.05, 0) is 44.2 Å². The van der Waals surface area contributed by atoms with E-state index in [1.54, 1.807) is 24.3 Å². The predicted molar refractivity (Wildman–Crippen MR) is 94.0 cm³/mol. The van der Waals surface area contributed by atoms with E-state index in [1.807, 2.05) is 7.05 Å². The van der Waals surface area contributed by atoms with Gasteiger partial charge in [0.1, 0.15) is 0 Å². The Balaban J connectivity index is 1.92. The van der Waals surface area contributed by atoms with Crippen LogP contribution in [0.5, 0.6) is 0 Å². The highest BCUT2D eigenvalue weighted by Crippen LogP contribution is 2.32. The molecule has 1 aromatic rings. The summed E-state index contributed by atoms with van der Waals surface area (Å²) >= 11 is 5.84. The Bertz CT molecular complexity index is 501. The molecule has 0 heterocycles. The lowest BCUT2D eigenvalue weighted by Gasteiger charge is -2.44. The van der Waals surface area contributed by atoms with Crippen molar-refractivity contribution in [1.82, 2.24) is 10.2 Å². The van der Waals surface area contributed by atoms with Gasteiger partial charge in [0.25, 0.3) is 0 Å². The van der Waals surface area contributed by atoms with Gasteiger partial charge < -0.3 is 15.7 Å². The standard InChI is InChI=1S/C17H26ClN3O2/c1-21(11-12-22)17(9-3-2-4-10-17)13-19-16(23)20-15-7-5-14(18)6-8-15/h5-8,22H,2-4,9-13H2,1H3,(H2,19,20,23). The van der Waals surface area contributed by atoms with Gasteiger partial charge in [0.15, 0.2) is 0 Å². The van der Waals surface area contributed by atoms with Crippen LogP contribution in [0.4, 0.5) is 10.5 Å². The average Bonchev–Trinajstić information content (AvgIpc) is 2.56. The molecule has 1 aromatic carbocycles. The average molecular weight is 340 g/mol. The van der Waals surface area contributed by atoms with E-state index in [0.29, 0.717) is 23.8 Å². The van der Waals surface area contributed by atoms with Crippen LogP contribution in [0.15, 0.2) is 24.3 Å². The Hall–Kier alpha value is -1.30. The fourth-order valence-corrected chi connectivity index (χ4v) is 3.37. The number of hydrogen-bond acceptors (Lipinski definition) is 3. The number of hydrogen-bond donors (Lipinski definition) is 3. The summed E-state index contributed by atoms with van der Waals surface area (Å²) in [6.45, 7) is 1.35. The highest BCUT2D eigenvalue weighted by molar-refractivity contribution is 6.30. The first-order chi connectivity index (χ1) is 11.1. The Labute approximate surface area is 143 Å². The van der Waals surface area contributed by atoms with Crippen LogP contribution >= 0.6 is 11.6 Å². The van der Waals surface area contributed by atoms with Gasteiger partial charge >= 0.3 is 6.03 Å². The lowest BCUT2D eigenvalue weighted by molar-refractivity contribution is 0.0605. The summed E-state index contributed by atoms with van der Waals surface area (Å²) in [7, 11) is 2.03. The van der Waals surface area contributed by atoms with E-state index in [0.717, 1.165) is 25.7 Å². The van der Waals surface area contributed by atoms with Gasteiger partial charge in [0, 0.05) is 29.3 Å². The van der Waals surface area contributed by atoms with Crippen molar-refractivity contribution < 1.29 is 9.90 Å². The van der Waals surface area contributed by atoms with Crippen molar-refractivity contribution in [3.05, 3.63) is 29.3 Å². The molecule has 2 amide bonds. The minimum atomic E-state index is -0.213. The molecule has 1 fully saturated rings. The second-order valence-corrected chi connectivity index (χ2v) is 6.68. The zero-order chi connectivity index (χ0) is 16.7. The summed E-state index contributed by atoms with van der Waals surface area (Å²) in [5, 5.41) is 15.7. The zero-order valence-corrected chi connectivity index (χ0v) is 14.4. The SMILES string of the molecule is CN(CCO)C1(CNC(=O)Nc2ccc(Cl)cc2)CCCCC1. The maximum absolute atomic E-state index is 12.1. The maximum atomic E-state index is 12.1. The van der Waals surface area contributed by atoms with E-state index < -0.39 is 0 Å². The number of aliphatic hydroxyl groups is 1. The van der Waals surface area contributed by atoms with Crippen molar-refractivity contribution in [1.29, 1.82) is 0 Å². The fourth-order valence-electron chi connectivity index (χ4n) is 3.24. The van der Waals surface area contributed by atoms with E-state index in [-0.39, 0.29) is 18.2 Å². The first-order valence-electron chi connectivity index (χ1n) is 8.18. The van der Waals surface area contributed by atoms with Crippen molar-refractivity contribution in [3.63, 3.8) is 0 Å². The van der Waals surface area contributed by atoms with E-state index >= 15 is 0 Å². The third kappa shape index (κ3) is 5.09. The highest BCUT2D eigenvalue weighted by atomic mass is 35.5. The van der Waals surface area contributed by atoms with Crippen LogP contribution in [0.25, 0.3) is 0 Å². The normalized spacial score (nSPS) is 17.0. The molecule has 0 spiro atoms. The molecule has 1 aliphatic carbocycles. The number of nitrogens with zero attached hydrogens (tertiary/aromatic N) is 1. The molecule has 0 atom stereocenters. The number of likely N-dealkylation sites (N-methyl/N-ethyl adjacent to an activating group) is 1. The monoisotopic (exact) mass is 339 g/mol. The molecule has 1 saturated carbocycles. The van der Waals surface area contributed by atoms with E-state index in [2.05, 4.69) is 15.5 Å². The number of rotatable bonds is 6. The summed E-state index contributed by atoms with van der Waals surface area (Å²) in [5.41, 5.74) is 0.659. The molecule has 0 saturated heterocycles. The largest absolute Gasteiger partial charge is 0.395 e. The smallest absolute Gasteiger partial charge is 0.319 e. The van der Waals surface area contributed by atoms with Gasteiger partial charge in [0.2, 0.25) is 0 Å². The summed E-state index contributed by atoms with van der Waals surface area (Å²) in [6.07, 6.45) is 5.66. The van der Waals surface area contributed by atoms with Gasteiger partial charge in [-0.1, -0.05) is 30.9 Å². The van der Waals surface area contributed by atoms with Crippen LogP contribution in [0.3, 0.4) is 0 Å². The predicted octanol–water partition coefficient (Wildman–Crippen LogP) is 3.09. The van der Waals surface area contributed by atoms with Crippen molar-refractivity contribution >= 4 is 23.3 Å². The molecular formula is C17H26ClN3O2. The number of carbonyl (C=O) groups excluding carboxylic acids is 1. The van der Waals surface area contributed by atoms with E-state index in [1.165, 1.54) is 6.42 Å². The number of carbonyl (C=O) groups is 1. The van der Waals surface area contributed by atoms with Crippen molar-refractivity contribution in [2.75, 3.05) is 32.1 Å². The first-order valence-corrected chi connectivity index (χ1v) is 8.56. The summed E-state index contributed by atoms with van der Waals surface area (Å²) in [5.74, 6) is 0. The van der Waals surface area contributed by atoms with Crippen molar-refractivity contribution in [2.24, 2.45) is 0 Å². The molecule has 0 bridgehead atoms. The second-order valence-electron chi connectivity index (χ2n) is 6.24. The molecule has 23 heavy (non-hydrogen) atoms. The molecule has 3 N–H and O–H groups in total. The molecule has 128 valence electrons. The maximum Gasteiger partial charge on any atom is 0.319 e. The van der Waals surface area contributed by atoms with Crippen LogP contribution in [0.2, 0.25) is 5.02 Å². The second kappa shape index (κ2) is 8.52. The van der Waals surface area contributed by atoms with Crippen LogP contribution in [0, 0.1) is 0 Å². The topological polar surface area (TPSA) is 64.6 Å². The number of halogens is 1. The summed E-state index contributed by atoms with van der Waals surface area (Å²) < 4.78 is 0. The van der Waals surface area contributed by atoms with Gasteiger partial charge in [-0.25, -0.2) is 4.79 Å². The molecule has 0 radical (unpaired) electrons. The Kier molecular flexibility index (Phi) is 6.69. The molecule has 1 aliphatic rings. The van der Waals surface area contributed by atoms with Gasteiger partial charge in [-0.3, -0.25) is 4.90 Å². The highest BCUT2D eigenvalue weighted by Gasteiger charge is 2.35. The Morgan fingerprint density at radius 3 is 2.52 bits per heavy atom. The molecule has 0 unspecified atom stereocenters. The number of anilines is 1. The zero-order valence-electron chi connectivity index (χ0n) is 13.6. The third-order valence-corrected chi connectivity index (χ3v) is 4.96. The van der Waals surface area contributed by atoms with Crippen LogP contribution in [0.1, 0.15) is 32.1 Å². The fraction of sp³-hybridized carbons (Fsp3) is 0.588. The third-order valence-electron chi connectivity index (χ3n) is 4.71. The minimum Gasteiger partial charge on any atom is -0.395 e. The van der Waals surface area contributed by atoms with E-state index in [9.17, 15) is 9.90 Å². The Morgan fingerprint density at radius 1 is 1.26 bits per heavy atom. The van der Waals surface area contributed by atoms with Crippen LogP contribution in [-0.4, -0.2) is 48.3 Å². The molecule has 0 aromatic heterocycles. The minimum absolute atomic E-state index is 0.0572. The molecule has 6 heteroatoms. The van der Waals surface area contributed by atoms with Gasteiger partial charge in [-0.2, -0.15) is 0 Å². The van der Waals surface area contributed by atoms with E-state index in [4.69, 9.17) is 11.6 Å². The molecule has 0 aliphatic heterocycles. The summed E-state index contributed by atoms with van der Waals surface area (Å²) in [4.78, 5) is 14.3.